The molecule has 5 nitrogen and oxygen atoms in total. The standard InChI is InChI=1S/C12H17N3O2/c1-9(16)10-2-4-13-11(8-10)15-6-3-12(17)14-5-7-15/h2,4,8-9,16H,3,5-7H2,1H3,(H,14,17)/t9-/m1/s1. The van der Waals surface area contributed by atoms with Gasteiger partial charge in [0.2, 0.25) is 5.91 Å². The summed E-state index contributed by atoms with van der Waals surface area (Å²) < 4.78 is 0. The molecule has 0 spiro atoms. The van der Waals surface area contributed by atoms with Crippen LogP contribution in [0.15, 0.2) is 18.3 Å². The maximum Gasteiger partial charge on any atom is 0.221 e. The van der Waals surface area contributed by atoms with Crippen molar-refractivity contribution in [3.05, 3.63) is 23.9 Å². The molecule has 0 saturated carbocycles. The van der Waals surface area contributed by atoms with Crippen LogP contribution in [-0.2, 0) is 4.79 Å². The highest BCUT2D eigenvalue weighted by Crippen LogP contribution is 2.18. The molecular formula is C12H17N3O2. The van der Waals surface area contributed by atoms with E-state index in [-0.39, 0.29) is 5.91 Å². The van der Waals surface area contributed by atoms with Crippen LogP contribution in [0.25, 0.3) is 0 Å². The van der Waals surface area contributed by atoms with Crippen LogP contribution in [-0.4, -0.2) is 35.6 Å². The van der Waals surface area contributed by atoms with E-state index in [9.17, 15) is 9.90 Å². The molecule has 1 aliphatic rings. The number of nitrogens with one attached hydrogen (secondary N) is 1. The molecule has 0 bridgehead atoms. The molecule has 1 aromatic rings. The quantitative estimate of drug-likeness (QED) is 0.781. The van der Waals surface area contributed by atoms with Crippen LogP contribution in [0, 0.1) is 0 Å². The van der Waals surface area contributed by atoms with E-state index in [4.69, 9.17) is 0 Å². The number of amides is 1. The fraction of sp³-hybridized carbons (Fsp3) is 0.500. The summed E-state index contributed by atoms with van der Waals surface area (Å²) >= 11 is 0. The Bertz CT molecular complexity index is 406. The van der Waals surface area contributed by atoms with Crippen LogP contribution in [0.5, 0.6) is 0 Å². The summed E-state index contributed by atoms with van der Waals surface area (Å²) in [6, 6.07) is 3.68. The third kappa shape index (κ3) is 2.94. The largest absolute Gasteiger partial charge is 0.389 e. The van der Waals surface area contributed by atoms with Crippen LogP contribution in [0.2, 0.25) is 0 Å². The Kier molecular flexibility index (Phi) is 3.58. The Morgan fingerprint density at radius 1 is 1.53 bits per heavy atom. The van der Waals surface area contributed by atoms with E-state index in [1.165, 1.54) is 0 Å². The van der Waals surface area contributed by atoms with Gasteiger partial charge < -0.3 is 15.3 Å². The number of aliphatic hydroxyl groups is 1. The number of hydrogen-bond donors (Lipinski definition) is 2. The van der Waals surface area contributed by atoms with Crippen molar-refractivity contribution in [1.29, 1.82) is 0 Å². The summed E-state index contributed by atoms with van der Waals surface area (Å²) in [6.07, 6.45) is 1.68. The molecule has 17 heavy (non-hydrogen) atoms. The minimum atomic E-state index is -0.497. The Labute approximate surface area is 100 Å². The number of nitrogens with zero attached hydrogens (tertiary/aromatic N) is 2. The number of hydrogen-bond acceptors (Lipinski definition) is 4. The average Bonchev–Trinajstić information content (AvgIpc) is 2.54. The number of rotatable bonds is 2. The van der Waals surface area contributed by atoms with E-state index in [2.05, 4.69) is 15.2 Å². The van der Waals surface area contributed by atoms with E-state index in [1.807, 2.05) is 6.07 Å². The van der Waals surface area contributed by atoms with Crippen LogP contribution in [0.3, 0.4) is 0 Å². The summed E-state index contributed by atoms with van der Waals surface area (Å²) in [5.41, 5.74) is 0.846. The van der Waals surface area contributed by atoms with Crippen molar-refractivity contribution in [2.75, 3.05) is 24.5 Å². The molecule has 2 heterocycles. The van der Waals surface area contributed by atoms with Gasteiger partial charge in [-0.25, -0.2) is 4.98 Å². The lowest BCUT2D eigenvalue weighted by molar-refractivity contribution is -0.120. The fourth-order valence-corrected chi connectivity index (χ4v) is 1.86. The van der Waals surface area contributed by atoms with Gasteiger partial charge in [-0.2, -0.15) is 0 Å². The zero-order valence-electron chi connectivity index (χ0n) is 9.89. The first-order chi connectivity index (χ1) is 8.16. The highest BCUT2D eigenvalue weighted by Gasteiger charge is 2.15. The monoisotopic (exact) mass is 235 g/mol. The Hall–Kier alpha value is -1.62. The Balaban J connectivity index is 2.15. The molecule has 5 heteroatoms. The van der Waals surface area contributed by atoms with E-state index < -0.39 is 6.10 Å². The number of carbonyl (C=O) groups excluding carboxylic acids is 1. The van der Waals surface area contributed by atoms with Crippen LogP contribution in [0.4, 0.5) is 5.82 Å². The summed E-state index contributed by atoms with van der Waals surface area (Å²) in [6.45, 7) is 3.79. The van der Waals surface area contributed by atoms with Crippen molar-refractivity contribution in [3.8, 4) is 0 Å². The highest BCUT2D eigenvalue weighted by molar-refractivity contribution is 5.77. The normalized spacial score (nSPS) is 18.5. The lowest BCUT2D eigenvalue weighted by Crippen LogP contribution is -2.29. The fourth-order valence-electron chi connectivity index (χ4n) is 1.86. The van der Waals surface area contributed by atoms with E-state index in [1.54, 1.807) is 19.2 Å². The molecule has 1 amide bonds. The molecule has 1 aliphatic heterocycles. The van der Waals surface area contributed by atoms with Gasteiger partial charge in [0.15, 0.2) is 0 Å². The zero-order chi connectivity index (χ0) is 12.3. The predicted molar refractivity (Wildman–Crippen MR) is 64.7 cm³/mol. The molecule has 0 radical (unpaired) electrons. The first-order valence-corrected chi connectivity index (χ1v) is 5.82. The molecule has 1 fully saturated rings. The van der Waals surface area contributed by atoms with Gasteiger partial charge in [-0.05, 0) is 24.6 Å². The maximum absolute atomic E-state index is 11.2. The molecular weight excluding hydrogens is 218 g/mol. The van der Waals surface area contributed by atoms with Gasteiger partial charge in [0.1, 0.15) is 5.82 Å². The summed E-state index contributed by atoms with van der Waals surface area (Å²) in [4.78, 5) is 17.6. The van der Waals surface area contributed by atoms with Gasteiger partial charge in [0, 0.05) is 32.3 Å². The number of anilines is 1. The second kappa shape index (κ2) is 5.14. The van der Waals surface area contributed by atoms with Crippen LogP contribution < -0.4 is 10.2 Å². The van der Waals surface area contributed by atoms with Crippen molar-refractivity contribution in [3.63, 3.8) is 0 Å². The molecule has 1 saturated heterocycles. The maximum atomic E-state index is 11.2. The second-order valence-electron chi connectivity index (χ2n) is 4.21. The van der Waals surface area contributed by atoms with Gasteiger partial charge in [-0.1, -0.05) is 0 Å². The zero-order valence-corrected chi connectivity index (χ0v) is 9.89. The Morgan fingerprint density at radius 3 is 3.12 bits per heavy atom. The molecule has 1 aromatic heterocycles. The van der Waals surface area contributed by atoms with Gasteiger partial charge in [-0.3, -0.25) is 4.79 Å². The Morgan fingerprint density at radius 2 is 2.35 bits per heavy atom. The molecule has 0 aromatic carbocycles. The molecule has 2 N–H and O–H groups in total. The van der Waals surface area contributed by atoms with Crippen LogP contribution in [0.1, 0.15) is 25.0 Å². The minimum absolute atomic E-state index is 0.0826. The summed E-state index contributed by atoms with van der Waals surface area (Å²) in [5.74, 6) is 0.902. The lowest BCUT2D eigenvalue weighted by Gasteiger charge is -2.21. The van der Waals surface area contributed by atoms with E-state index in [0.717, 1.165) is 17.9 Å². The topological polar surface area (TPSA) is 65.5 Å². The SMILES string of the molecule is C[C@@H](O)c1ccnc(N2CCNC(=O)CC2)c1. The predicted octanol–water partition coefficient (Wildman–Crippen LogP) is 0.461. The van der Waals surface area contributed by atoms with Crippen molar-refractivity contribution in [2.24, 2.45) is 0 Å². The average molecular weight is 235 g/mol. The minimum Gasteiger partial charge on any atom is -0.389 e. The molecule has 0 unspecified atom stereocenters. The van der Waals surface area contributed by atoms with E-state index in [0.29, 0.717) is 19.5 Å². The van der Waals surface area contributed by atoms with Crippen LogP contribution >= 0.6 is 0 Å². The smallest absolute Gasteiger partial charge is 0.221 e. The molecule has 1 atom stereocenters. The third-order valence-electron chi connectivity index (χ3n) is 2.89. The van der Waals surface area contributed by atoms with Gasteiger partial charge >= 0.3 is 0 Å². The number of carbonyl (C=O) groups is 1. The van der Waals surface area contributed by atoms with Crippen molar-refractivity contribution < 1.29 is 9.90 Å². The number of pyridine rings is 1. The van der Waals surface area contributed by atoms with Gasteiger partial charge in [0.05, 0.1) is 6.10 Å². The molecule has 2 rings (SSSR count). The molecule has 0 aliphatic carbocycles. The van der Waals surface area contributed by atoms with Crippen molar-refractivity contribution in [1.82, 2.24) is 10.3 Å². The van der Waals surface area contributed by atoms with Crippen molar-refractivity contribution >= 4 is 11.7 Å². The summed E-state index contributed by atoms with van der Waals surface area (Å²) in [5, 5.41) is 12.4. The molecule has 92 valence electrons. The number of aromatic nitrogens is 1. The highest BCUT2D eigenvalue weighted by atomic mass is 16.3. The van der Waals surface area contributed by atoms with Gasteiger partial charge in [-0.15, -0.1) is 0 Å². The second-order valence-corrected chi connectivity index (χ2v) is 4.21. The summed E-state index contributed by atoms with van der Waals surface area (Å²) in [7, 11) is 0. The lowest BCUT2D eigenvalue weighted by atomic mass is 10.1. The first-order valence-electron chi connectivity index (χ1n) is 5.82. The van der Waals surface area contributed by atoms with E-state index >= 15 is 0 Å². The first kappa shape index (κ1) is 11.9. The van der Waals surface area contributed by atoms with Crippen molar-refractivity contribution in [2.45, 2.75) is 19.4 Å². The third-order valence-corrected chi connectivity index (χ3v) is 2.89. The van der Waals surface area contributed by atoms with Gasteiger partial charge in [0.25, 0.3) is 0 Å². The number of aliphatic hydroxyl groups excluding tert-OH is 1.